The number of hydrogen-bond acceptors (Lipinski definition) is 4. The Bertz CT molecular complexity index is 1020. The molecule has 3 rings (SSSR count). The van der Waals surface area contributed by atoms with Crippen molar-refractivity contribution in [2.75, 3.05) is 0 Å². The van der Waals surface area contributed by atoms with Crippen LogP contribution in [0.4, 0.5) is 13.2 Å². The molecule has 0 aliphatic heterocycles. The number of nitrogens with zero attached hydrogens (tertiary/aromatic N) is 3. The molecular formula is C20H15F3N3O2Pt-. The zero-order valence-electron chi connectivity index (χ0n) is 15.3. The predicted molar refractivity (Wildman–Crippen MR) is 94.6 cm³/mol. The monoisotopic (exact) mass is 581 g/mol. The molecule has 1 N–H and O–H groups in total. The van der Waals surface area contributed by atoms with Gasteiger partial charge in [0.1, 0.15) is 5.69 Å². The number of carbonyl (C=O) groups is 1. The first-order valence-corrected chi connectivity index (χ1v) is 8.22. The molecule has 0 bridgehead atoms. The smallest absolute Gasteiger partial charge is 0.397 e. The van der Waals surface area contributed by atoms with Crippen molar-refractivity contribution in [3.63, 3.8) is 0 Å². The molecule has 0 saturated carbocycles. The number of alkyl halides is 3. The maximum absolute atomic E-state index is 12.7. The first-order valence-electron chi connectivity index (χ1n) is 8.22. The SMILES string of the molecule is CC(C)(c1cccc(C(=O)O)n1)c1cccc(-c2[c-]cc(C(F)(F)F)nc2)n1.[Pt]. The summed E-state index contributed by atoms with van der Waals surface area (Å²) in [4.78, 5) is 23.3. The summed E-state index contributed by atoms with van der Waals surface area (Å²) in [6.45, 7) is 3.67. The maximum atomic E-state index is 12.7. The van der Waals surface area contributed by atoms with Crippen molar-refractivity contribution in [1.29, 1.82) is 0 Å². The molecule has 0 saturated heterocycles. The Morgan fingerprint density at radius 3 is 2.17 bits per heavy atom. The number of aromatic nitrogens is 3. The molecule has 3 heterocycles. The molecule has 3 aromatic heterocycles. The minimum absolute atomic E-state index is 0. The van der Waals surface area contributed by atoms with Crippen molar-refractivity contribution in [1.82, 2.24) is 15.0 Å². The molecule has 0 fully saturated rings. The minimum Gasteiger partial charge on any atom is -0.477 e. The fourth-order valence-corrected chi connectivity index (χ4v) is 2.62. The predicted octanol–water partition coefficient (Wildman–Crippen LogP) is 4.38. The molecule has 0 aromatic carbocycles. The van der Waals surface area contributed by atoms with Gasteiger partial charge in [0, 0.05) is 32.2 Å². The van der Waals surface area contributed by atoms with Gasteiger partial charge in [-0.3, -0.25) is 0 Å². The first kappa shape index (κ1) is 22.7. The van der Waals surface area contributed by atoms with E-state index in [1.54, 1.807) is 30.3 Å². The van der Waals surface area contributed by atoms with E-state index in [1.807, 2.05) is 13.8 Å². The largest absolute Gasteiger partial charge is 0.477 e. The quantitative estimate of drug-likeness (QED) is 0.463. The van der Waals surface area contributed by atoms with E-state index in [0.29, 0.717) is 22.6 Å². The summed E-state index contributed by atoms with van der Waals surface area (Å²) >= 11 is 0. The Balaban J connectivity index is 0.00000300. The molecule has 0 aliphatic rings. The summed E-state index contributed by atoms with van der Waals surface area (Å²) in [7, 11) is 0. The Labute approximate surface area is 179 Å². The molecule has 3 aromatic rings. The van der Waals surface area contributed by atoms with Gasteiger partial charge in [-0.05, 0) is 37.7 Å². The van der Waals surface area contributed by atoms with Crippen molar-refractivity contribution in [3.05, 3.63) is 77.5 Å². The van der Waals surface area contributed by atoms with Crippen LogP contribution in [-0.4, -0.2) is 26.0 Å². The van der Waals surface area contributed by atoms with E-state index in [-0.39, 0.29) is 26.8 Å². The molecule has 29 heavy (non-hydrogen) atoms. The third-order valence-corrected chi connectivity index (χ3v) is 4.26. The average molecular weight is 581 g/mol. The van der Waals surface area contributed by atoms with Gasteiger partial charge in [-0.25, -0.2) is 9.78 Å². The van der Waals surface area contributed by atoms with Crippen LogP contribution in [0.3, 0.4) is 0 Å². The number of hydrogen-bond donors (Lipinski definition) is 1. The van der Waals surface area contributed by atoms with E-state index in [2.05, 4.69) is 21.0 Å². The van der Waals surface area contributed by atoms with Crippen LogP contribution >= 0.6 is 0 Å². The third kappa shape index (κ3) is 4.88. The van der Waals surface area contributed by atoms with Crippen molar-refractivity contribution in [2.45, 2.75) is 25.4 Å². The molecule has 0 spiro atoms. The van der Waals surface area contributed by atoms with Gasteiger partial charge in [0.2, 0.25) is 0 Å². The minimum atomic E-state index is -4.53. The van der Waals surface area contributed by atoms with Crippen molar-refractivity contribution >= 4 is 5.97 Å². The number of pyridine rings is 3. The van der Waals surface area contributed by atoms with E-state index >= 15 is 0 Å². The van der Waals surface area contributed by atoms with Crippen LogP contribution in [-0.2, 0) is 32.7 Å². The van der Waals surface area contributed by atoms with E-state index in [0.717, 1.165) is 12.3 Å². The molecule has 0 atom stereocenters. The van der Waals surface area contributed by atoms with Gasteiger partial charge in [0.15, 0.2) is 0 Å². The summed E-state index contributed by atoms with van der Waals surface area (Å²) in [5.41, 5.74) is -0.0377. The Kier molecular flexibility index (Phi) is 6.58. The normalized spacial score (nSPS) is 11.6. The van der Waals surface area contributed by atoms with Gasteiger partial charge in [0.05, 0.1) is 11.4 Å². The third-order valence-electron chi connectivity index (χ3n) is 4.26. The van der Waals surface area contributed by atoms with E-state index in [1.165, 1.54) is 6.07 Å². The van der Waals surface area contributed by atoms with Gasteiger partial charge in [-0.1, -0.05) is 24.4 Å². The summed E-state index contributed by atoms with van der Waals surface area (Å²) in [5, 5.41) is 9.15. The number of carboxylic acid groups (broad SMARTS) is 1. The zero-order chi connectivity index (χ0) is 20.5. The van der Waals surface area contributed by atoms with E-state index in [4.69, 9.17) is 5.11 Å². The molecule has 9 heteroatoms. The summed E-state index contributed by atoms with van der Waals surface area (Å²) in [5.74, 6) is -1.13. The summed E-state index contributed by atoms with van der Waals surface area (Å²) in [6.07, 6.45) is -3.46. The maximum Gasteiger partial charge on any atom is 0.397 e. The van der Waals surface area contributed by atoms with Crippen molar-refractivity contribution in [3.8, 4) is 11.3 Å². The fraction of sp³-hybridized carbons (Fsp3) is 0.200. The molecule has 154 valence electrons. The fourth-order valence-electron chi connectivity index (χ4n) is 2.62. The number of carboxylic acids is 1. The second-order valence-electron chi connectivity index (χ2n) is 6.59. The van der Waals surface area contributed by atoms with Crippen molar-refractivity contribution < 1.29 is 44.1 Å². The molecule has 0 aliphatic carbocycles. The average Bonchev–Trinajstić information content (AvgIpc) is 2.67. The molecule has 0 amide bonds. The van der Waals surface area contributed by atoms with Crippen LogP contribution < -0.4 is 0 Å². The Hall–Kier alpha value is -2.60. The van der Waals surface area contributed by atoms with Gasteiger partial charge in [0.25, 0.3) is 0 Å². The second-order valence-corrected chi connectivity index (χ2v) is 6.59. The van der Waals surface area contributed by atoms with Gasteiger partial charge in [-0.15, -0.1) is 17.7 Å². The number of halogens is 3. The molecule has 0 radical (unpaired) electrons. The summed E-state index contributed by atoms with van der Waals surface area (Å²) < 4.78 is 38.0. The zero-order valence-corrected chi connectivity index (χ0v) is 17.5. The first-order chi connectivity index (χ1) is 13.1. The second kappa shape index (κ2) is 8.41. The van der Waals surface area contributed by atoms with Crippen LogP contribution in [0.15, 0.2) is 48.7 Å². The van der Waals surface area contributed by atoms with Gasteiger partial charge in [-0.2, -0.15) is 13.2 Å². The summed E-state index contributed by atoms with van der Waals surface area (Å²) in [6, 6.07) is 13.1. The number of aromatic carboxylic acids is 1. The van der Waals surface area contributed by atoms with Crippen LogP contribution in [0.1, 0.15) is 41.4 Å². The van der Waals surface area contributed by atoms with Gasteiger partial charge >= 0.3 is 12.1 Å². The topological polar surface area (TPSA) is 76.0 Å². The van der Waals surface area contributed by atoms with Gasteiger partial charge < -0.3 is 15.1 Å². The van der Waals surface area contributed by atoms with Crippen molar-refractivity contribution in [2.24, 2.45) is 0 Å². The molecule has 5 nitrogen and oxygen atoms in total. The van der Waals surface area contributed by atoms with Crippen LogP contribution in [0, 0.1) is 6.07 Å². The van der Waals surface area contributed by atoms with Crippen LogP contribution in [0.5, 0.6) is 0 Å². The van der Waals surface area contributed by atoms with Crippen LogP contribution in [0.25, 0.3) is 11.3 Å². The molecular weight excluding hydrogens is 566 g/mol. The standard InChI is InChI=1S/C20H15F3N3O2.Pt/c1-19(2,16-8-4-6-14(26-16)18(27)28)15-7-3-5-13(25-15)12-9-10-17(24-11-12)20(21,22)23;/h3-8,10-11H,1-2H3,(H,27,28);/q-1;. The van der Waals surface area contributed by atoms with E-state index < -0.39 is 23.3 Å². The van der Waals surface area contributed by atoms with Crippen LogP contribution in [0.2, 0.25) is 0 Å². The Morgan fingerprint density at radius 1 is 1.00 bits per heavy atom. The van der Waals surface area contributed by atoms with E-state index in [9.17, 15) is 18.0 Å². The number of rotatable bonds is 4. The Morgan fingerprint density at radius 2 is 1.62 bits per heavy atom. The molecule has 0 unspecified atom stereocenters.